The van der Waals surface area contributed by atoms with Crippen molar-refractivity contribution in [3.05, 3.63) is 0 Å². The highest BCUT2D eigenvalue weighted by Crippen LogP contribution is 2.06. The molecular weight excluding hydrogens is 224 g/mol. The van der Waals surface area contributed by atoms with Crippen molar-refractivity contribution in [3.8, 4) is 0 Å². The summed E-state index contributed by atoms with van der Waals surface area (Å²) in [6, 6.07) is 0. The maximum absolute atomic E-state index is 10.5. The van der Waals surface area contributed by atoms with E-state index in [1.807, 2.05) is 0 Å². The summed E-state index contributed by atoms with van der Waals surface area (Å²) in [6.07, 6.45) is 0. The van der Waals surface area contributed by atoms with E-state index in [0.717, 1.165) is 0 Å². The third kappa shape index (κ3) is 4.53. The van der Waals surface area contributed by atoms with E-state index in [1.54, 1.807) is 0 Å². The fourth-order valence-electron chi connectivity index (χ4n) is 0.719. The van der Waals surface area contributed by atoms with Crippen LogP contribution in [0, 0.1) is 0 Å². The Morgan fingerprint density at radius 2 is 1.50 bits per heavy atom. The van der Waals surface area contributed by atoms with Gasteiger partial charge < -0.3 is 29.9 Å². The van der Waals surface area contributed by atoms with Crippen molar-refractivity contribution < 1.29 is 39.5 Å². The second-order valence-corrected chi connectivity index (χ2v) is 2.86. The first-order valence-electron chi connectivity index (χ1n) is 4.40. The summed E-state index contributed by atoms with van der Waals surface area (Å²) < 4.78 is 9.42. The van der Waals surface area contributed by atoms with Crippen LogP contribution in [0.15, 0.2) is 0 Å². The van der Waals surface area contributed by atoms with Gasteiger partial charge in [-0.15, -0.1) is 0 Å². The number of aliphatic hydroxyl groups is 2. The monoisotopic (exact) mass is 238 g/mol. The maximum atomic E-state index is 10.5. The number of carboxylic acid groups (broad SMARTS) is 2. The van der Waals surface area contributed by atoms with Crippen molar-refractivity contribution in [2.24, 2.45) is 0 Å². The summed E-state index contributed by atoms with van der Waals surface area (Å²) in [4.78, 5) is 20.9. The molecule has 8 nitrogen and oxygen atoms in total. The quantitative estimate of drug-likeness (QED) is 0.265. The van der Waals surface area contributed by atoms with E-state index in [2.05, 4.69) is 4.74 Å². The number of hydrogen-bond donors (Lipinski definition) is 4. The molecule has 0 saturated heterocycles. The first kappa shape index (κ1) is 14.8. The Morgan fingerprint density at radius 1 is 1.00 bits per heavy atom. The van der Waals surface area contributed by atoms with Crippen molar-refractivity contribution in [1.29, 1.82) is 0 Å². The van der Waals surface area contributed by atoms with Crippen molar-refractivity contribution in [1.82, 2.24) is 0 Å². The Labute approximate surface area is 91.0 Å². The fraction of sp³-hybridized carbons (Fsp3) is 0.750. The summed E-state index contributed by atoms with van der Waals surface area (Å²) in [7, 11) is 0. The van der Waals surface area contributed by atoms with E-state index >= 15 is 0 Å². The average molecular weight is 238 g/mol. The summed E-state index contributed by atoms with van der Waals surface area (Å²) >= 11 is 0. The minimum atomic E-state index is -2.95. The van der Waals surface area contributed by atoms with E-state index in [1.165, 1.54) is 0 Å². The smallest absolute Gasteiger partial charge is 0.350 e. The maximum Gasteiger partial charge on any atom is 0.350 e. The highest BCUT2D eigenvalue weighted by molar-refractivity contribution is 6.01. The molecule has 0 rings (SSSR count). The van der Waals surface area contributed by atoms with Crippen LogP contribution in [0.3, 0.4) is 0 Å². The van der Waals surface area contributed by atoms with E-state index in [-0.39, 0.29) is 26.4 Å². The molecule has 94 valence electrons. The minimum Gasteiger partial charge on any atom is -0.479 e. The fourth-order valence-corrected chi connectivity index (χ4v) is 0.719. The van der Waals surface area contributed by atoms with Crippen LogP contribution in [0.25, 0.3) is 0 Å². The van der Waals surface area contributed by atoms with Crippen LogP contribution < -0.4 is 0 Å². The lowest BCUT2D eigenvalue weighted by Gasteiger charge is -2.17. The van der Waals surface area contributed by atoms with Gasteiger partial charge >= 0.3 is 11.9 Å². The molecule has 0 spiro atoms. The molecule has 0 amide bonds. The molecule has 0 bridgehead atoms. The number of aliphatic hydroxyl groups excluding tert-OH is 1. The molecule has 0 aliphatic carbocycles. The molecular formula is C8H14O8. The number of ether oxygens (including phenoxy) is 2. The second kappa shape index (κ2) is 7.12. The molecule has 4 N–H and O–H groups in total. The Balaban J connectivity index is 3.88. The Hall–Kier alpha value is -1.22. The Morgan fingerprint density at radius 3 is 1.94 bits per heavy atom. The first-order chi connectivity index (χ1) is 7.45. The van der Waals surface area contributed by atoms with Crippen LogP contribution in [0.1, 0.15) is 0 Å². The molecule has 8 heteroatoms. The molecule has 0 aromatic rings. The van der Waals surface area contributed by atoms with E-state index in [4.69, 9.17) is 25.2 Å². The van der Waals surface area contributed by atoms with E-state index in [0.29, 0.717) is 0 Å². The summed E-state index contributed by atoms with van der Waals surface area (Å²) in [5.74, 6) is -3.78. The zero-order valence-electron chi connectivity index (χ0n) is 8.46. The summed E-state index contributed by atoms with van der Waals surface area (Å²) in [5, 5.41) is 34.4. The Bertz CT molecular complexity index is 224. The largest absolute Gasteiger partial charge is 0.479 e. The van der Waals surface area contributed by atoms with E-state index < -0.39 is 24.1 Å². The molecule has 0 aromatic carbocycles. The van der Waals surface area contributed by atoms with Gasteiger partial charge in [0.05, 0.1) is 33.0 Å². The number of rotatable bonds is 9. The lowest BCUT2D eigenvalue weighted by Crippen LogP contribution is -2.50. The molecule has 0 atom stereocenters. The summed E-state index contributed by atoms with van der Waals surface area (Å²) in [6.45, 7) is -0.946. The van der Waals surface area contributed by atoms with Crippen molar-refractivity contribution in [3.63, 3.8) is 0 Å². The third-order valence-corrected chi connectivity index (χ3v) is 1.63. The molecule has 0 aliphatic heterocycles. The zero-order valence-corrected chi connectivity index (χ0v) is 8.46. The minimum absolute atomic E-state index is 0.0654. The van der Waals surface area contributed by atoms with Gasteiger partial charge in [0, 0.05) is 0 Å². The molecule has 16 heavy (non-hydrogen) atoms. The molecule has 0 radical (unpaired) electrons. The Kier molecular flexibility index (Phi) is 6.58. The number of hydrogen-bond acceptors (Lipinski definition) is 6. The van der Waals surface area contributed by atoms with Crippen LogP contribution in [-0.2, 0) is 19.1 Å². The predicted octanol–water partition coefficient (Wildman–Crippen LogP) is -2.09. The highest BCUT2D eigenvalue weighted by Gasteiger charge is 2.45. The molecule has 0 unspecified atom stereocenters. The number of aliphatic carboxylic acids is 2. The first-order valence-corrected chi connectivity index (χ1v) is 4.40. The van der Waals surface area contributed by atoms with Gasteiger partial charge in [-0.3, -0.25) is 0 Å². The van der Waals surface area contributed by atoms with Crippen LogP contribution in [0.2, 0.25) is 0 Å². The van der Waals surface area contributed by atoms with Gasteiger partial charge in [0.2, 0.25) is 0 Å². The van der Waals surface area contributed by atoms with Crippen LogP contribution in [-0.4, -0.2) is 71.0 Å². The lowest BCUT2D eigenvalue weighted by atomic mass is 10.1. The number of carbonyl (C=O) groups is 2. The van der Waals surface area contributed by atoms with Gasteiger partial charge in [-0.1, -0.05) is 0 Å². The van der Waals surface area contributed by atoms with Gasteiger partial charge in [0.1, 0.15) is 0 Å². The topological polar surface area (TPSA) is 134 Å². The van der Waals surface area contributed by atoms with Crippen LogP contribution >= 0.6 is 0 Å². The zero-order chi connectivity index (χ0) is 12.6. The van der Waals surface area contributed by atoms with Gasteiger partial charge in [-0.2, -0.15) is 0 Å². The third-order valence-electron chi connectivity index (χ3n) is 1.63. The normalized spacial score (nSPS) is 11.4. The number of carboxylic acids is 2. The van der Waals surface area contributed by atoms with Gasteiger partial charge in [0.25, 0.3) is 5.60 Å². The molecule has 0 saturated carbocycles. The van der Waals surface area contributed by atoms with E-state index in [9.17, 15) is 9.59 Å². The highest BCUT2D eigenvalue weighted by atomic mass is 16.5. The molecule has 0 fully saturated rings. The standard InChI is InChI=1S/C8H14O8/c9-1-2-15-3-4-16-5-8(14,6(10)11)7(12)13/h9,14H,1-5H2,(H,10,11)(H,12,13). The van der Waals surface area contributed by atoms with Crippen LogP contribution in [0.5, 0.6) is 0 Å². The summed E-state index contributed by atoms with van der Waals surface area (Å²) in [5.41, 5.74) is -2.95. The van der Waals surface area contributed by atoms with Gasteiger partial charge in [-0.25, -0.2) is 9.59 Å². The van der Waals surface area contributed by atoms with Gasteiger partial charge in [-0.05, 0) is 0 Å². The van der Waals surface area contributed by atoms with Crippen molar-refractivity contribution in [2.75, 3.05) is 33.0 Å². The van der Waals surface area contributed by atoms with Gasteiger partial charge in [0.15, 0.2) is 0 Å². The van der Waals surface area contributed by atoms with Crippen LogP contribution in [0.4, 0.5) is 0 Å². The van der Waals surface area contributed by atoms with Crippen molar-refractivity contribution in [2.45, 2.75) is 5.60 Å². The lowest BCUT2D eigenvalue weighted by molar-refractivity contribution is -0.183. The molecule has 0 aromatic heterocycles. The average Bonchev–Trinajstić information content (AvgIpc) is 2.22. The van der Waals surface area contributed by atoms with Crippen molar-refractivity contribution >= 4 is 11.9 Å². The predicted molar refractivity (Wildman–Crippen MR) is 48.9 cm³/mol. The molecule has 0 aliphatic rings. The molecule has 0 heterocycles. The SMILES string of the molecule is O=C(O)C(O)(COCCOCCO)C(=O)O. The second-order valence-electron chi connectivity index (χ2n) is 2.86.